The van der Waals surface area contributed by atoms with Crippen LogP contribution in [-0.2, 0) is 12.8 Å². The molecule has 0 saturated carbocycles. The monoisotopic (exact) mass is 354 g/mol. The summed E-state index contributed by atoms with van der Waals surface area (Å²) in [6, 6.07) is 2.50. The van der Waals surface area contributed by atoms with E-state index in [1.54, 1.807) is 0 Å². The summed E-state index contributed by atoms with van der Waals surface area (Å²) in [5.74, 6) is -5.86. The first-order valence-corrected chi connectivity index (χ1v) is 8.57. The summed E-state index contributed by atoms with van der Waals surface area (Å²) in [5.41, 5.74) is 0.189. The summed E-state index contributed by atoms with van der Waals surface area (Å²) in [4.78, 5) is 0. The lowest BCUT2D eigenvalue weighted by Gasteiger charge is -2.26. The van der Waals surface area contributed by atoms with E-state index in [0.717, 1.165) is 25.7 Å². The normalized spacial score (nSPS) is 16.8. The van der Waals surface area contributed by atoms with Crippen molar-refractivity contribution in [3.8, 4) is 11.1 Å². The highest BCUT2D eigenvalue weighted by Crippen LogP contribution is 2.37. The smallest absolute Gasteiger partial charge is 0.194 e. The van der Waals surface area contributed by atoms with Crippen LogP contribution in [0.15, 0.2) is 18.2 Å². The Morgan fingerprint density at radius 2 is 1.60 bits per heavy atom. The maximum atomic E-state index is 14.9. The highest BCUT2D eigenvalue weighted by atomic mass is 19.2. The zero-order valence-electron chi connectivity index (χ0n) is 13.9. The van der Waals surface area contributed by atoms with Gasteiger partial charge in [0.05, 0.1) is 5.56 Å². The fourth-order valence-corrected chi connectivity index (χ4v) is 3.63. The van der Waals surface area contributed by atoms with E-state index >= 15 is 0 Å². The van der Waals surface area contributed by atoms with E-state index < -0.39 is 34.6 Å². The number of unbranched alkanes of at least 4 members (excludes halogenated alkanes) is 1. The largest absolute Gasteiger partial charge is 0.206 e. The standard InChI is InChI=1S/C20H19F5/c1-2-3-4-11-5-6-14-12(7-11)8-15(21)18(19(14)24)13-9-16(22)20(25)17(23)10-13/h8-11H,2-7H2,1H3. The van der Waals surface area contributed by atoms with Crippen molar-refractivity contribution < 1.29 is 22.0 Å². The Bertz CT molecular complexity index is 774. The second-order valence-electron chi connectivity index (χ2n) is 6.69. The molecule has 0 heterocycles. The van der Waals surface area contributed by atoms with Crippen LogP contribution < -0.4 is 0 Å². The molecule has 1 aliphatic carbocycles. The van der Waals surface area contributed by atoms with Crippen LogP contribution in [0.2, 0.25) is 0 Å². The van der Waals surface area contributed by atoms with Gasteiger partial charge in [0.15, 0.2) is 17.5 Å². The van der Waals surface area contributed by atoms with Crippen LogP contribution in [-0.4, -0.2) is 0 Å². The van der Waals surface area contributed by atoms with Crippen molar-refractivity contribution in [2.45, 2.75) is 45.4 Å². The van der Waals surface area contributed by atoms with Gasteiger partial charge in [0.2, 0.25) is 0 Å². The molecule has 0 N–H and O–H groups in total. The van der Waals surface area contributed by atoms with Crippen LogP contribution in [0.4, 0.5) is 22.0 Å². The molecular formula is C20H19F5. The molecule has 2 aromatic carbocycles. The molecule has 0 radical (unpaired) electrons. The maximum absolute atomic E-state index is 14.9. The first kappa shape index (κ1) is 17.9. The summed E-state index contributed by atoms with van der Waals surface area (Å²) in [5, 5.41) is 0. The summed E-state index contributed by atoms with van der Waals surface area (Å²) < 4.78 is 69.3. The van der Waals surface area contributed by atoms with Crippen LogP contribution in [0, 0.1) is 35.0 Å². The molecule has 3 rings (SSSR count). The van der Waals surface area contributed by atoms with Crippen LogP contribution in [0.25, 0.3) is 11.1 Å². The van der Waals surface area contributed by atoms with Crippen molar-refractivity contribution in [2.24, 2.45) is 5.92 Å². The molecule has 134 valence electrons. The predicted octanol–water partition coefficient (Wildman–Crippen LogP) is 6.34. The second kappa shape index (κ2) is 7.14. The zero-order valence-corrected chi connectivity index (χ0v) is 13.9. The van der Waals surface area contributed by atoms with Gasteiger partial charge in [0.25, 0.3) is 0 Å². The van der Waals surface area contributed by atoms with Crippen LogP contribution in [0.1, 0.15) is 43.7 Å². The molecule has 0 fully saturated rings. The molecule has 1 unspecified atom stereocenters. The van der Waals surface area contributed by atoms with E-state index in [-0.39, 0.29) is 5.56 Å². The molecule has 1 aliphatic rings. The van der Waals surface area contributed by atoms with E-state index in [1.807, 2.05) is 0 Å². The van der Waals surface area contributed by atoms with Crippen molar-refractivity contribution in [1.29, 1.82) is 0 Å². The van der Waals surface area contributed by atoms with Crippen LogP contribution in [0.3, 0.4) is 0 Å². The molecule has 5 heteroatoms. The Labute approximate surface area is 143 Å². The number of benzene rings is 2. The second-order valence-corrected chi connectivity index (χ2v) is 6.69. The van der Waals surface area contributed by atoms with Gasteiger partial charge in [0.1, 0.15) is 11.6 Å². The Morgan fingerprint density at radius 1 is 0.920 bits per heavy atom. The topological polar surface area (TPSA) is 0 Å². The Hall–Kier alpha value is -1.91. The van der Waals surface area contributed by atoms with Crippen molar-refractivity contribution >= 4 is 0 Å². The first-order valence-electron chi connectivity index (χ1n) is 8.57. The van der Waals surface area contributed by atoms with Crippen molar-refractivity contribution in [3.05, 3.63) is 58.4 Å². The van der Waals surface area contributed by atoms with Crippen molar-refractivity contribution in [2.75, 3.05) is 0 Å². The van der Waals surface area contributed by atoms with E-state index in [9.17, 15) is 22.0 Å². The van der Waals surface area contributed by atoms with Crippen molar-refractivity contribution in [1.82, 2.24) is 0 Å². The molecule has 0 bridgehead atoms. The van der Waals surface area contributed by atoms with Gasteiger partial charge in [-0.2, -0.15) is 0 Å². The van der Waals surface area contributed by atoms with Gasteiger partial charge in [0, 0.05) is 0 Å². The number of rotatable bonds is 4. The van der Waals surface area contributed by atoms with Gasteiger partial charge in [-0.3, -0.25) is 0 Å². The molecule has 0 aliphatic heterocycles. The predicted molar refractivity (Wildman–Crippen MR) is 86.7 cm³/mol. The van der Waals surface area contributed by atoms with Gasteiger partial charge in [-0.15, -0.1) is 0 Å². The van der Waals surface area contributed by atoms with Gasteiger partial charge >= 0.3 is 0 Å². The molecule has 0 nitrogen and oxygen atoms in total. The minimum absolute atomic E-state index is 0.331. The Morgan fingerprint density at radius 3 is 2.24 bits per heavy atom. The third kappa shape index (κ3) is 3.42. The molecular weight excluding hydrogens is 335 g/mol. The molecule has 0 aromatic heterocycles. The van der Waals surface area contributed by atoms with E-state index in [4.69, 9.17) is 0 Å². The lowest BCUT2D eigenvalue weighted by molar-refractivity contribution is 0.403. The molecule has 0 saturated heterocycles. The summed E-state index contributed by atoms with van der Waals surface area (Å²) in [6.07, 6.45) is 5.06. The quantitative estimate of drug-likeness (QED) is 0.444. The summed E-state index contributed by atoms with van der Waals surface area (Å²) >= 11 is 0. The zero-order chi connectivity index (χ0) is 18.1. The van der Waals surface area contributed by atoms with E-state index in [0.29, 0.717) is 42.0 Å². The summed E-state index contributed by atoms with van der Waals surface area (Å²) in [6.45, 7) is 2.10. The average molecular weight is 354 g/mol. The lowest BCUT2D eigenvalue weighted by Crippen LogP contribution is -2.17. The third-order valence-corrected chi connectivity index (χ3v) is 4.96. The van der Waals surface area contributed by atoms with E-state index in [2.05, 4.69) is 6.92 Å². The minimum Gasteiger partial charge on any atom is -0.206 e. The van der Waals surface area contributed by atoms with Crippen LogP contribution in [0.5, 0.6) is 0 Å². The average Bonchev–Trinajstić information content (AvgIpc) is 2.57. The highest BCUT2D eigenvalue weighted by Gasteiger charge is 2.26. The fourth-order valence-electron chi connectivity index (χ4n) is 3.63. The van der Waals surface area contributed by atoms with E-state index in [1.165, 1.54) is 6.07 Å². The maximum Gasteiger partial charge on any atom is 0.194 e. The Balaban J connectivity index is 2.02. The summed E-state index contributed by atoms with van der Waals surface area (Å²) in [7, 11) is 0. The highest BCUT2D eigenvalue weighted by molar-refractivity contribution is 5.67. The number of fused-ring (bicyclic) bond motifs is 1. The Kier molecular flexibility index (Phi) is 5.11. The molecule has 0 amide bonds. The SMILES string of the molecule is CCCCC1CCc2c(cc(F)c(-c3cc(F)c(F)c(F)c3)c2F)C1. The van der Waals surface area contributed by atoms with Crippen molar-refractivity contribution in [3.63, 3.8) is 0 Å². The van der Waals surface area contributed by atoms with Crippen LogP contribution >= 0.6 is 0 Å². The minimum atomic E-state index is -1.65. The van der Waals surface area contributed by atoms with Gasteiger partial charge < -0.3 is 0 Å². The van der Waals surface area contributed by atoms with Gasteiger partial charge in [-0.25, -0.2) is 22.0 Å². The molecule has 1 atom stereocenters. The number of hydrogen-bond donors (Lipinski definition) is 0. The van der Waals surface area contributed by atoms with Gasteiger partial charge in [-0.05, 0) is 60.1 Å². The lowest BCUT2D eigenvalue weighted by atomic mass is 9.80. The molecule has 0 spiro atoms. The number of halogens is 5. The number of hydrogen-bond acceptors (Lipinski definition) is 0. The fraction of sp³-hybridized carbons (Fsp3) is 0.400. The first-order chi connectivity index (χ1) is 11.9. The third-order valence-electron chi connectivity index (χ3n) is 4.96. The van der Waals surface area contributed by atoms with Gasteiger partial charge in [-0.1, -0.05) is 26.2 Å². The molecule has 25 heavy (non-hydrogen) atoms. The molecule has 2 aromatic rings.